The molecule has 1 aromatic heterocycles. The lowest BCUT2D eigenvalue weighted by Crippen LogP contribution is -2.70. The molecule has 0 aliphatic heterocycles. The van der Waals surface area contributed by atoms with Gasteiger partial charge in [0.1, 0.15) is 18.3 Å². The minimum absolute atomic E-state index is 0.159. The third-order valence-electron chi connectivity index (χ3n) is 11.9. The van der Waals surface area contributed by atoms with Crippen LogP contribution in [-0.2, 0) is 30.3 Å². The van der Waals surface area contributed by atoms with E-state index in [0.717, 1.165) is 16.8 Å². The van der Waals surface area contributed by atoms with E-state index in [0.29, 0.717) is 42.3 Å². The van der Waals surface area contributed by atoms with E-state index in [2.05, 4.69) is 10.4 Å². The van der Waals surface area contributed by atoms with Gasteiger partial charge in [-0.15, -0.1) is 0 Å². The summed E-state index contributed by atoms with van der Waals surface area (Å²) >= 11 is 0.433. The average molecular weight is 701 g/mol. The van der Waals surface area contributed by atoms with Gasteiger partial charge in [-0.3, -0.25) is 14.4 Å². The van der Waals surface area contributed by atoms with Crippen LogP contribution in [0.1, 0.15) is 68.1 Å². The Morgan fingerprint density at radius 1 is 1.22 bits per heavy atom. The number of hydrogen-bond donors (Lipinski definition) is 3. The van der Waals surface area contributed by atoms with Crippen molar-refractivity contribution in [2.24, 2.45) is 34.3 Å². The lowest BCUT2D eigenvalue weighted by Gasteiger charge is -2.63. The minimum atomic E-state index is -2.10. The van der Waals surface area contributed by atoms with Gasteiger partial charge < -0.3 is 25.6 Å². The number of esters is 1. The highest BCUT2D eigenvalue weighted by molar-refractivity contribution is 8.13. The quantitative estimate of drug-likeness (QED) is 0.331. The van der Waals surface area contributed by atoms with Gasteiger partial charge in [0.15, 0.2) is 5.60 Å². The molecule has 0 radical (unpaired) electrons. The number of allylic oxidation sites excluding steroid dienone is 1. The van der Waals surface area contributed by atoms with Crippen molar-refractivity contribution < 1.29 is 42.5 Å². The van der Waals surface area contributed by atoms with Crippen LogP contribution in [0.4, 0.5) is 8.78 Å². The van der Waals surface area contributed by atoms with Gasteiger partial charge >= 0.3 is 5.97 Å². The molecule has 14 heteroatoms. The third kappa shape index (κ3) is 5.15. The monoisotopic (exact) mass is 700 g/mol. The van der Waals surface area contributed by atoms with E-state index in [9.17, 15) is 28.7 Å². The van der Waals surface area contributed by atoms with Crippen molar-refractivity contribution in [2.75, 3.05) is 26.3 Å². The molecule has 2 aromatic rings. The number of carbonyl (C=O) groups excluding carboxylic acids is 4. The second kappa shape index (κ2) is 12.6. The molecule has 3 fully saturated rings. The second-order valence-electron chi connectivity index (χ2n) is 14.3. The van der Waals surface area contributed by atoms with Crippen LogP contribution in [0.15, 0.2) is 36.0 Å². The Bertz CT molecular complexity index is 1730. The number of aliphatic hydroxyl groups excluding tert-OH is 1. The van der Waals surface area contributed by atoms with Crippen LogP contribution in [0.5, 0.6) is 0 Å². The molecule has 11 nitrogen and oxygen atoms in total. The Morgan fingerprint density at radius 3 is 2.67 bits per heavy atom. The Kier molecular flexibility index (Phi) is 9.06. The van der Waals surface area contributed by atoms with Gasteiger partial charge in [0.2, 0.25) is 11.0 Å². The molecule has 8 atom stereocenters. The number of methoxy groups -OCH3 is 1. The van der Waals surface area contributed by atoms with Crippen molar-refractivity contribution in [1.29, 1.82) is 0 Å². The fraction of sp³-hybridized carbons (Fsp3) is 0.571. The summed E-state index contributed by atoms with van der Waals surface area (Å²) in [7, 11) is 1.33. The summed E-state index contributed by atoms with van der Waals surface area (Å²) in [5, 5.41) is 18.4. The van der Waals surface area contributed by atoms with Crippen LogP contribution >= 0.6 is 11.8 Å². The highest BCUT2D eigenvalue weighted by Gasteiger charge is 2.77. The summed E-state index contributed by atoms with van der Waals surface area (Å²) in [6.45, 7) is 4.69. The number of halogens is 2. The molecule has 264 valence electrons. The van der Waals surface area contributed by atoms with Crippen molar-refractivity contribution in [3.05, 3.63) is 52.9 Å². The molecule has 0 saturated heterocycles. The predicted octanol–water partition coefficient (Wildman–Crippen LogP) is 3.69. The standard InChI is InChI=1S/C35H42F2N4O7S/c1-19-10-25-24-9-8-22-12-26-21(15-40-41(26)23-7-5-6-20(11-23)30(45)39-16-28(38)43)13-32(22,2)34(24,37)27(42)14-33(25,3)35(19,31(46)49-18-36)48-29(44)17-47-4/h5-7,11-12,15,19,24-25,27,42H,8-10,13-14,16-18H2,1-4H3,(H2,38,43)(H,39,45)/t19-,24+,25+,27?,32+,33?,34+,35+/m1/s1. The van der Waals surface area contributed by atoms with Crippen LogP contribution in [-0.4, -0.2) is 81.4 Å². The Morgan fingerprint density at radius 2 is 1.98 bits per heavy atom. The number of hydrogen-bond acceptors (Lipinski definition) is 9. The molecule has 4 aliphatic carbocycles. The smallest absolute Gasteiger partial charge is 0.333 e. The number of fused-ring (bicyclic) bond motifs is 6. The maximum absolute atomic E-state index is 18.3. The Balaban J connectivity index is 1.35. The molecule has 0 spiro atoms. The third-order valence-corrected chi connectivity index (χ3v) is 12.6. The van der Waals surface area contributed by atoms with Crippen molar-refractivity contribution in [3.8, 4) is 5.69 Å². The zero-order valence-electron chi connectivity index (χ0n) is 28.0. The van der Waals surface area contributed by atoms with Crippen LogP contribution in [0, 0.1) is 28.6 Å². The first-order chi connectivity index (χ1) is 23.2. The van der Waals surface area contributed by atoms with E-state index < -0.39 is 81.5 Å². The normalized spacial score (nSPS) is 34.5. The minimum Gasteiger partial charge on any atom is -0.447 e. The molecule has 2 unspecified atom stereocenters. The molecule has 1 heterocycles. The summed E-state index contributed by atoms with van der Waals surface area (Å²) in [5.41, 5.74) is 2.26. The fourth-order valence-electron chi connectivity index (χ4n) is 9.81. The second-order valence-corrected chi connectivity index (χ2v) is 15.2. The average Bonchev–Trinajstić information content (AvgIpc) is 3.55. The number of primary amides is 1. The zero-order chi connectivity index (χ0) is 35.5. The van der Waals surface area contributed by atoms with E-state index in [1.807, 2.05) is 13.0 Å². The fourth-order valence-corrected chi connectivity index (χ4v) is 10.6. The van der Waals surface area contributed by atoms with Crippen LogP contribution in [0.25, 0.3) is 11.8 Å². The first-order valence-electron chi connectivity index (χ1n) is 16.4. The lowest BCUT2D eigenvalue weighted by molar-refractivity contribution is -0.231. The summed E-state index contributed by atoms with van der Waals surface area (Å²) in [6, 6.07) is 5.73. The summed E-state index contributed by atoms with van der Waals surface area (Å²) in [6.07, 6.45) is 3.43. The van der Waals surface area contributed by atoms with Crippen molar-refractivity contribution in [1.82, 2.24) is 15.1 Å². The number of nitrogens with two attached hydrogens (primary N) is 1. The van der Waals surface area contributed by atoms with Gasteiger partial charge in [-0.25, -0.2) is 18.3 Å². The molecule has 1 aromatic carbocycles. The molecule has 2 amide bonds. The van der Waals surface area contributed by atoms with E-state index in [1.165, 1.54) is 7.11 Å². The number of alkyl halides is 2. The number of carbonyl (C=O) groups is 4. The summed E-state index contributed by atoms with van der Waals surface area (Å²) in [5.74, 6) is -3.58. The maximum Gasteiger partial charge on any atom is 0.333 e. The van der Waals surface area contributed by atoms with Crippen LogP contribution in [0.3, 0.4) is 0 Å². The Hall–Kier alpha value is -3.62. The number of rotatable bonds is 9. The molecule has 6 rings (SSSR count). The molecule has 0 bridgehead atoms. The van der Waals surface area contributed by atoms with E-state index in [1.54, 1.807) is 49.0 Å². The molecule has 4 aliphatic rings. The van der Waals surface area contributed by atoms with Gasteiger partial charge in [-0.2, -0.15) is 5.10 Å². The van der Waals surface area contributed by atoms with Crippen molar-refractivity contribution in [3.63, 3.8) is 0 Å². The SMILES string of the molecule is COCC(=O)O[C@]1(C(=O)SCF)[C@H](C)C[C@H]2[C@@H]3CCC4=Cc5c(cnn5-c5cccc(C(=O)NCC(N)=O)c5)C[C@]4(C)[C@@]3(F)C(O)CC21C. The number of thioether (sulfide) groups is 1. The van der Waals surface area contributed by atoms with E-state index in [-0.39, 0.29) is 19.4 Å². The first kappa shape index (κ1) is 35.2. The predicted molar refractivity (Wildman–Crippen MR) is 177 cm³/mol. The molecule has 49 heavy (non-hydrogen) atoms. The van der Waals surface area contributed by atoms with Crippen molar-refractivity contribution in [2.45, 2.75) is 70.2 Å². The van der Waals surface area contributed by atoms with Crippen molar-refractivity contribution >= 4 is 40.7 Å². The van der Waals surface area contributed by atoms with Crippen LogP contribution in [0.2, 0.25) is 0 Å². The van der Waals surface area contributed by atoms with Gasteiger partial charge in [-0.05, 0) is 79.6 Å². The highest BCUT2D eigenvalue weighted by Crippen LogP contribution is 2.72. The first-order valence-corrected chi connectivity index (χ1v) is 17.4. The number of aliphatic hydroxyl groups is 1. The van der Waals surface area contributed by atoms with E-state index >= 15 is 4.39 Å². The number of ether oxygens (including phenoxy) is 2. The number of amides is 2. The molecule has 3 saturated carbocycles. The lowest BCUT2D eigenvalue weighted by atomic mass is 9.44. The summed E-state index contributed by atoms with van der Waals surface area (Å²) in [4.78, 5) is 50.4. The van der Waals surface area contributed by atoms with Crippen LogP contribution < -0.4 is 11.1 Å². The highest BCUT2D eigenvalue weighted by atomic mass is 32.2. The molecular formula is C35H42F2N4O7S. The topological polar surface area (TPSA) is 163 Å². The number of nitrogens with zero attached hydrogens (tertiary/aromatic N) is 2. The molecular weight excluding hydrogens is 658 g/mol. The van der Waals surface area contributed by atoms with Gasteiger partial charge in [0.05, 0.1) is 30.2 Å². The molecule has 4 N–H and O–H groups in total. The number of nitrogens with one attached hydrogen (secondary N) is 1. The largest absolute Gasteiger partial charge is 0.447 e. The van der Waals surface area contributed by atoms with E-state index in [4.69, 9.17) is 15.2 Å². The van der Waals surface area contributed by atoms with Gasteiger partial charge in [-0.1, -0.05) is 32.4 Å². The Labute approximate surface area is 287 Å². The number of aromatic nitrogens is 2. The van der Waals surface area contributed by atoms with Gasteiger partial charge in [0.25, 0.3) is 5.91 Å². The zero-order valence-corrected chi connectivity index (χ0v) is 28.8. The maximum atomic E-state index is 18.3. The van der Waals surface area contributed by atoms with Gasteiger partial charge in [0, 0.05) is 35.3 Å². The summed E-state index contributed by atoms with van der Waals surface area (Å²) < 4.78 is 44.5. The number of benzene rings is 1.